The lowest BCUT2D eigenvalue weighted by atomic mass is 10.1. The third-order valence-electron chi connectivity index (χ3n) is 2.91. The average Bonchev–Trinajstić information content (AvgIpc) is 2.60. The van der Waals surface area contributed by atoms with E-state index in [1.54, 1.807) is 6.92 Å². The molecule has 0 heterocycles. The number of aryl methyl sites for hydroxylation is 1. The second-order valence-electron chi connectivity index (χ2n) is 4.23. The fourth-order valence-electron chi connectivity index (χ4n) is 2.04. The topological polar surface area (TPSA) is 55.1 Å². The second kappa shape index (κ2) is 4.55. The Bertz CT molecular complexity index is 417. The highest BCUT2D eigenvalue weighted by Gasteiger charge is 2.24. The summed E-state index contributed by atoms with van der Waals surface area (Å²) in [6.45, 7) is 1.70. The largest absolute Gasteiger partial charge is 0.348 e. The van der Waals surface area contributed by atoms with Crippen molar-refractivity contribution in [3.63, 3.8) is 0 Å². The van der Waals surface area contributed by atoms with Gasteiger partial charge in [-0.1, -0.05) is 22.0 Å². The molecule has 1 aliphatic carbocycles. The van der Waals surface area contributed by atoms with Crippen molar-refractivity contribution in [2.24, 2.45) is 5.73 Å². The summed E-state index contributed by atoms with van der Waals surface area (Å²) in [5, 5.41) is 2.97. The van der Waals surface area contributed by atoms with E-state index in [2.05, 4.69) is 33.4 Å². The lowest BCUT2D eigenvalue weighted by molar-refractivity contribution is -0.122. The molecular formula is C12H15BrN2O. The molecule has 3 N–H and O–H groups in total. The van der Waals surface area contributed by atoms with Crippen LogP contribution < -0.4 is 11.1 Å². The minimum Gasteiger partial charge on any atom is -0.348 e. The lowest BCUT2D eigenvalue weighted by Crippen LogP contribution is -2.39. The monoisotopic (exact) mass is 282 g/mol. The van der Waals surface area contributed by atoms with Crippen molar-refractivity contribution >= 4 is 21.8 Å². The summed E-state index contributed by atoms with van der Waals surface area (Å²) in [5.74, 6) is -0.0826. The van der Waals surface area contributed by atoms with Gasteiger partial charge < -0.3 is 11.1 Å². The number of hydrogen-bond donors (Lipinski definition) is 2. The van der Waals surface area contributed by atoms with E-state index in [1.165, 1.54) is 11.1 Å². The van der Waals surface area contributed by atoms with E-state index >= 15 is 0 Å². The predicted octanol–water partition coefficient (Wildman–Crippen LogP) is 1.90. The number of hydrogen-bond acceptors (Lipinski definition) is 2. The summed E-state index contributed by atoms with van der Waals surface area (Å²) in [6, 6.07) is 5.88. The van der Waals surface area contributed by atoms with Gasteiger partial charge in [-0.3, -0.25) is 4.79 Å². The Kier molecular flexibility index (Phi) is 3.30. The molecule has 2 atom stereocenters. The first-order valence-corrected chi connectivity index (χ1v) is 6.21. The van der Waals surface area contributed by atoms with Crippen LogP contribution in [0.25, 0.3) is 0 Å². The molecule has 2 rings (SSSR count). The molecule has 0 bridgehead atoms. The van der Waals surface area contributed by atoms with E-state index in [-0.39, 0.29) is 11.9 Å². The standard InChI is InChI=1S/C12H15BrN2O/c1-7(14)12(16)15-11-5-2-8-6-9(13)3-4-10(8)11/h3-4,6-7,11H,2,5,14H2,1H3,(H,15,16)/t7-,11?/m1/s1. The smallest absolute Gasteiger partial charge is 0.237 e. The number of nitrogens with two attached hydrogens (primary N) is 1. The number of rotatable bonds is 2. The van der Waals surface area contributed by atoms with Gasteiger partial charge in [0.2, 0.25) is 5.91 Å². The average molecular weight is 283 g/mol. The van der Waals surface area contributed by atoms with Crippen molar-refractivity contribution in [3.05, 3.63) is 33.8 Å². The molecule has 1 amide bonds. The maximum absolute atomic E-state index is 11.5. The molecule has 4 heteroatoms. The highest BCUT2D eigenvalue weighted by atomic mass is 79.9. The van der Waals surface area contributed by atoms with Crippen LogP contribution in [-0.2, 0) is 11.2 Å². The van der Waals surface area contributed by atoms with Crippen molar-refractivity contribution in [1.29, 1.82) is 0 Å². The number of amides is 1. The molecule has 0 fully saturated rings. The fourth-order valence-corrected chi connectivity index (χ4v) is 2.45. The first-order valence-electron chi connectivity index (χ1n) is 5.42. The van der Waals surface area contributed by atoms with Gasteiger partial charge in [0.1, 0.15) is 0 Å². The van der Waals surface area contributed by atoms with E-state index in [4.69, 9.17) is 5.73 Å². The van der Waals surface area contributed by atoms with Crippen LogP contribution in [-0.4, -0.2) is 11.9 Å². The quantitative estimate of drug-likeness (QED) is 0.871. The van der Waals surface area contributed by atoms with Crippen LogP contribution in [0.5, 0.6) is 0 Å². The number of benzene rings is 1. The normalized spacial score (nSPS) is 20.3. The molecule has 1 aliphatic rings. The van der Waals surface area contributed by atoms with Crippen LogP contribution in [0, 0.1) is 0 Å². The SMILES string of the molecule is C[C@@H](N)C(=O)NC1CCc2cc(Br)ccc21. The number of nitrogens with one attached hydrogen (secondary N) is 1. The fraction of sp³-hybridized carbons (Fsp3) is 0.417. The van der Waals surface area contributed by atoms with Gasteiger partial charge in [0, 0.05) is 4.47 Å². The summed E-state index contributed by atoms with van der Waals surface area (Å²) < 4.78 is 1.09. The molecule has 0 aliphatic heterocycles. The number of fused-ring (bicyclic) bond motifs is 1. The zero-order valence-corrected chi connectivity index (χ0v) is 10.8. The van der Waals surface area contributed by atoms with Gasteiger partial charge in [0.05, 0.1) is 12.1 Å². The maximum atomic E-state index is 11.5. The number of carbonyl (C=O) groups is 1. The summed E-state index contributed by atoms with van der Waals surface area (Å²) >= 11 is 3.45. The van der Waals surface area contributed by atoms with Crippen LogP contribution in [0.1, 0.15) is 30.5 Å². The van der Waals surface area contributed by atoms with Gasteiger partial charge in [-0.2, -0.15) is 0 Å². The zero-order valence-electron chi connectivity index (χ0n) is 9.16. The molecule has 1 aromatic carbocycles. The Hall–Kier alpha value is -0.870. The Balaban J connectivity index is 2.15. The predicted molar refractivity (Wildman–Crippen MR) is 67.0 cm³/mol. The summed E-state index contributed by atoms with van der Waals surface area (Å²) in [6.07, 6.45) is 1.98. The van der Waals surface area contributed by atoms with E-state index in [0.717, 1.165) is 17.3 Å². The van der Waals surface area contributed by atoms with Crippen LogP contribution >= 0.6 is 15.9 Å². The Morgan fingerprint density at radius 1 is 1.62 bits per heavy atom. The van der Waals surface area contributed by atoms with E-state index in [9.17, 15) is 4.79 Å². The summed E-state index contributed by atoms with van der Waals surface area (Å²) in [4.78, 5) is 11.5. The Labute approximate surface area is 104 Å². The molecule has 86 valence electrons. The van der Waals surface area contributed by atoms with Crippen molar-refractivity contribution in [3.8, 4) is 0 Å². The van der Waals surface area contributed by atoms with Gasteiger partial charge in [-0.25, -0.2) is 0 Å². The minimum absolute atomic E-state index is 0.0826. The highest BCUT2D eigenvalue weighted by Crippen LogP contribution is 2.32. The molecule has 16 heavy (non-hydrogen) atoms. The summed E-state index contributed by atoms with van der Waals surface area (Å²) in [7, 11) is 0. The van der Waals surface area contributed by atoms with Gasteiger partial charge >= 0.3 is 0 Å². The van der Waals surface area contributed by atoms with Crippen molar-refractivity contribution < 1.29 is 4.79 Å². The molecular weight excluding hydrogens is 268 g/mol. The third kappa shape index (κ3) is 2.28. The lowest BCUT2D eigenvalue weighted by Gasteiger charge is -2.15. The van der Waals surface area contributed by atoms with E-state index in [0.29, 0.717) is 0 Å². The van der Waals surface area contributed by atoms with Gasteiger partial charge in [-0.05, 0) is 43.0 Å². The van der Waals surface area contributed by atoms with Crippen LogP contribution in [0.2, 0.25) is 0 Å². The third-order valence-corrected chi connectivity index (χ3v) is 3.41. The van der Waals surface area contributed by atoms with Crippen molar-refractivity contribution in [2.45, 2.75) is 31.8 Å². The number of halogens is 1. The van der Waals surface area contributed by atoms with E-state index in [1.807, 2.05) is 6.07 Å². The van der Waals surface area contributed by atoms with Crippen molar-refractivity contribution in [2.75, 3.05) is 0 Å². The Morgan fingerprint density at radius 2 is 2.38 bits per heavy atom. The van der Waals surface area contributed by atoms with Crippen LogP contribution in [0.3, 0.4) is 0 Å². The first kappa shape index (κ1) is 11.6. The Morgan fingerprint density at radius 3 is 3.06 bits per heavy atom. The molecule has 0 radical (unpaired) electrons. The zero-order chi connectivity index (χ0) is 11.7. The summed E-state index contributed by atoms with van der Waals surface area (Å²) in [5.41, 5.74) is 8.07. The minimum atomic E-state index is -0.445. The molecule has 1 aromatic rings. The van der Waals surface area contributed by atoms with Crippen LogP contribution in [0.15, 0.2) is 22.7 Å². The molecule has 0 spiro atoms. The molecule has 1 unspecified atom stereocenters. The molecule has 0 saturated carbocycles. The first-order chi connectivity index (χ1) is 7.58. The number of carbonyl (C=O) groups excluding carboxylic acids is 1. The van der Waals surface area contributed by atoms with Gasteiger partial charge in [0.25, 0.3) is 0 Å². The van der Waals surface area contributed by atoms with Gasteiger partial charge in [-0.15, -0.1) is 0 Å². The highest BCUT2D eigenvalue weighted by molar-refractivity contribution is 9.10. The molecule has 0 saturated heterocycles. The van der Waals surface area contributed by atoms with Crippen LogP contribution in [0.4, 0.5) is 0 Å². The molecule has 0 aromatic heterocycles. The maximum Gasteiger partial charge on any atom is 0.237 e. The van der Waals surface area contributed by atoms with Crippen molar-refractivity contribution in [1.82, 2.24) is 5.32 Å². The second-order valence-corrected chi connectivity index (χ2v) is 5.15. The van der Waals surface area contributed by atoms with E-state index < -0.39 is 6.04 Å². The van der Waals surface area contributed by atoms with Gasteiger partial charge in [0.15, 0.2) is 0 Å². The molecule has 3 nitrogen and oxygen atoms in total.